The van der Waals surface area contributed by atoms with E-state index in [1.165, 1.54) is 0 Å². The van der Waals surface area contributed by atoms with E-state index < -0.39 is 0 Å². The molecule has 0 fully saturated rings. The van der Waals surface area contributed by atoms with Crippen molar-refractivity contribution >= 4 is 17.3 Å². The molecule has 6 aromatic rings. The first-order chi connectivity index (χ1) is 20.6. The summed E-state index contributed by atoms with van der Waals surface area (Å²) in [4.78, 5) is 35.5. The molecular weight excluding hydrogens is 617 g/mol. The van der Waals surface area contributed by atoms with E-state index in [4.69, 9.17) is 0 Å². The molecule has 0 aliphatic rings. The molecule has 0 unspecified atom stereocenters. The number of hydrogen-bond donors (Lipinski definition) is 0. The Hall–Kier alpha value is -5.05. The van der Waals surface area contributed by atoms with Crippen molar-refractivity contribution in [1.82, 2.24) is 0 Å². The Bertz CT molecular complexity index is 1340. The maximum Gasteiger partial charge on any atom is 6.00 e. The van der Waals surface area contributed by atoms with Crippen LogP contribution in [0.2, 0.25) is 0 Å². The summed E-state index contributed by atoms with van der Waals surface area (Å²) in [5, 5.41) is 0. The van der Waals surface area contributed by atoms with Crippen LogP contribution in [0.25, 0.3) is 0 Å². The minimum absolute atomic E-state index is 0. The first-order valence-electron chi connectivity index (χ1n) is 13.0. The first kappa shape index (κ1) is 32.5. The number of hydrogen-bond acceptors (Lipinski definition) is 3. The van der Waals surface area contributed by atoms with Gasteiger partial charge >= 0.3 is 19.5 Å². The van der Waals surface area contributed by atoms with Crippen LogP contribution in [-0.4, -0.2) is 17.3 Å². The molecule has 43 heavy (non-hydrogen) atoms. The van der Waals surface area contributed by atoms with E-state index >= 15 is 0 Å². The molecular formula is C39H24O3Ru. The number of benzene rings is 6. The van der Waals surface area contributed by atoms with E-state index in [0.717, 1.165) is 0 Å². The average Bonchev–Trinajstić information content (AvgIpc) is 3.10. The smallest absolute Gasteiger partial charge is 0.293 e. The second kappa shape index (κ2) is 17.7. The molecule has 3 nitrogen and oxygen atoms in total. The molecule has 0 aliphatic heterocycles. The van der Waals surface area contributed by atoms with Gasteiger partial charge in [-0.05, 0) is 0 Å². The summed E-state index contributed by atoms with van der Waals surface area (Å²) in [6, 6.07) is 59.3. The van der Waals surface area contributed by atoms with Gasteiger partial charge in [-0.1, -0.05) is 33.4 Å². The van der Waals surface area contributed by atoms with E-state index in [9.17, 15) is 14.4 Å². The van der Waals surface area contributed by atoms with Gasteiger partial charge in [0.2, 0.25) is 0 Å². The summed E-state index contributed by atoms with van der Waals surface area (Å²) < 4.78 is 0. The predicted octanol–water partition coefficient (Wildman–Crippen LogP) is 7.55. The summed E-state index contributed by atoms with van der Waals surface area (Å²) in [7, 11) is 0. The molecule has 0 N–H and O–H groups in total. The Morgan fingerprint density at radius 3 is 0.512 bits per heavy atom. The van der Waals surface area contributed by atoms with Crippen LogP contribution in [0.4, 0.5) is 0 Å². The van der Waals surface area contributed by atoms with E-state index in [-0.39, 0.29) is 36.8 Å². The fourth-order valence-corrected chi connectivity index (χ4v) is 3.73. The van der Waals surface area contributed by atoms with E-state index in [1.807, 2.05) is 0 Å². The van der Waals surface area contributed by atoms with Gasteiger partial charge < -0.3 is 0 Å². The molecule has 0 aromatic heterocycles. The van der Waals surface area contributed by atoms with Crippen LogP contribution in [0.1, 0.15) is 47.8 Å². The molecule has 0 saturated heterocycles. The summed E-state index contributed by atoms with van der Waals surface area (Å²) in [5.74, 6) is 0.106. The summed E-state index contributed by atoms with van der Waals surface area (Å²) >= 11 is 0. The zero-order chi connectivity index (χ0) is 29.4. The minimum Gasteiger partial charge on any atom is -0.293 e. The van der Waals surface area contributed by atoms with Gasteiger partial charge in [-0.2, -0.15) is 182 Å². The maximum atomic E-state index is 11.8. The van der Waals surface area contributed by atoms with Gasteiger partial charge in [-0.3, -0.25) is 14.4 Å². The molecule has 206 valence electrons. The quantitative estimate of drug-likeness (QED) is 0.107. The van der Waals surface area contributed by atoms with Crippen molar-refractivity contribution in [3.8, 4) is 0 Å². The zero-order valence-electron chi connectivity index (χ0n) is 22.9. The fourth-order valence-electron chi connectivity index (χ4n) is 3.73. The largest absolute Gasteiger partial charge is 6.00 e. The van der Waals surface area contributed by atoms with Gasteiger partial charge in [-0.25, -0.2) is 0 Å². The molecule has 0 saturated carbocycles. The third kappa shape index (κ3) is 10.1. The Balaban J connectivity index is 0.000000175. The van der Waals surface area contributed by atoms with Gasteiger partial charge in [0.1, 0.15) is 17.3 Å². The Morgan fingerprint density at radius 1 is 0.279 bits per heavy atom. The van der Waals surface area contributed by atoms with Crippen LogP contribution >= 0.6 is 0 Å². The second-order valence-corrected chi connectivity index (χ2v) is 8.72. The summed E-state index contributed by atoms with van der Waals surface area (Å²) in [5.41, 5.74) is 4.14. The van der Waals surface area contributed by atoms with Crippen LogP contribution in [0, 0.1) is 36.4 Å². The molecule has 0 amide bonds. The SMILES string of the molecule is O=C(c1cc[c-]cc1)c1cc[c-]cc1.O=C(c1cc[c-]cc1)c1cc[c-]cc1.O=C(c1cc[c-]cc1)c1cc[c-]cc1.[Ru+6]. The van der Waals surface area contributed by atoms with Crippen molar-refractivity contribution < 1.29 is 33.9 Å². The number of carbonyl (C=O) groups is 3. The van der Waals surface area contributed by atoms with Crippen molar-refractivity contribution in [1.29, 1.82) is 0 Å². The molecule has 6 rings (SSSR count). The molecule has 0 spiro atoms. The Morgan fingerprint density at radius 2 is 0.395 bits per heavy atom. The summed E-state index contributed by atoms with van der Waals surface area (Å²) in [6.07, 6.45) is 0. The Kier molecular flexibility index (Phi) is 13.4. The molecule has 0 radical (unpaired) electrons. The van der Waals surface area contributed by atoms with Crippen LogP contribution in [0.15, 0.2) is 146 Å². The van der Waals surface area contributed by atoms with Gasteiger partial charge in [0.25, 0.3) is 0 Å². The third-order valence-corrected chi connectivity index (χ3v) is 5.88. The first-order valence-corrected chi connectivity index (χ1v) is 13.0. The normalized spacial score (nSPS) is 9.49. The van der Waals surface area contributed by atoms with Crippen LogP contribution in [-0.2, 0) is 19.5 Å². The van der Waals surface area contributed by atoms with Crippen LogP contribution in [0.3, 0.4) is 0 Å². The Labute approximate surface area is 265 Å². The van der Waals surface area contributed by atoms with Gasteiger partial charge in [0.05, 0.1) is 0 Å². The molecule has 0 atom stereocenters. The summed E-state index contributed by atoms with van der Waals surface area (Å²) in [6.45, 7) is 0. The van der Waals surface area contributed by atoms with Gasteiger partial charge in [0, 0.05) is 0 Å². The van der Waals surface area contributed by atoms with Crippen molar-refractivity contribution in [3.05, 3.63) is 215 Å². The second-order valence-electron chi connectivity index (χ2n) is 8.72. The maximum absolute atomic E-state index is 11.8. The monoisotopic (exact) mass is 642 g/mol. The van der Waals surface area contributed by atoms with Crippen molar-refractivity contribution in [2.75, 3.05) is 0 Å². The number of ketones is 3. The third-order valence-electron chi connectivity index (χ3n) is 5.88. The number of carbonyl (C=O) groups excluding carboxylic acids is 3. The standard InChI is InChI=1S/3C13H8O.Ru/c3*14-13(11-7-3-1-4-8-11)12-9-5-2-6-10-12;/h3*3-10H;/q3*-2;+6. The van der Waals surface area contributed by atoms with Gasteiger partial charge in [-0.15, -0.1) is 0 Å². The minimum atomic E-state index is 0. The predicted molar refractivity (Wildman–Crippen MR) is 162 cm³/mol. The van der Waals surface area contributed by atoms with Crippen molar-refractivity contribution in [3.63, 3.8) is 0 Å². The van der Waals surface area contributed by atoms with E-state index in [2.05, 4.69) is 36.4 Å². The fraction of sp³-hybridized carbons (Fsp3) is 0. The molecule has 0 aliphatic carbocycles. The van der Waals surface area contributed by atoms with Crippen molar-refractivity contribution in [2.45, 2.75) is 0 Å². The van der Waals surface area contributed by atoms with Crippen LogP contribution < -0.4 is 0 Å². The topological polar surface area (TPSA) is 51.2 Å². The molecule has 6 aromatic carbocycles. The van der Waals surface area contributed by atoms with E-state index in [1.54, 1.807) is 146 Å². The van der Waals surface area contributed by atoms with E-state index in [0.29, 0.717) is 33.4 Å². The van der Waals surface area contributed by atoms with Crippen LogP contribution in [0.5, 0.6) is 0 Å². The average molecular weight is 642 g/mol. The molecule has 0 heterocycles. The number of rotatable bonds is 6. The molecule has 0 bridgehead atoms. The van der Waals surface area contributed by atoms with Gasteiger partial charge in [0.15, 0.2) is 0 Å². The zero-order valence-corrected chi connectivity index (χ0v) is 24.7. The molecule has 4 heteroatoms. The van der Waals surface area contributed by atoms with Crippen molar-refractivity contribution in [2.24, 2.45) is 0 Å².